The van der Waals surface area contributed by atoms with Crippen LogP contribution in [0.15, 0.2) is 18.2 Å². The number of methoxy groups -OCH3 is 1. The lowest BCUT2D eigenvalue weighted by molar-refractivity contribution is -0.0712. The summed E-state index contributed by atoms with van der Waals surface area (Å²) in [6.07, 6.45) is 16.5. The number of hydrogen-bond acceptors (Lipinski definition) is 1. The van der Waals surface area contributed by atoms with Gasteiger partial charge in [-0.25, -0.2) is 8.78 Å². The summed E-state index contributed by atoms with van der Waals surface area (Å²) in [7, 11) is 1.87. The molecule has 168 valence electrons. The van der Waals surface area contributed by atoms with Crippen molar-refractivity contribution < 1.29 is 13.5 Å². The molecule has 1 nitrogen and oxygen atoms in total. The molecule has 0 aliphatic heterocycles. The molecule has 1 unspecified atom stereocenters. The van der Waals surface area contributed by atoms with Gasteiger partial charge < -0.3 is 4.74 Å². The van der Waals surface area contributed by atoms with Crippen LogP contribution in [0.3, 0.4) is 0 Å². The zero-order chi connectivity index (χ0) is 21.5. The second-order valence-corrected chi connectivity index (χ2v) is 8.61. The van der Waals surface area contributed by atoms with Crippen molar-refractivity contribution in [3.8, 4) is 0 Å². The molecule has 0 heterocycles. The van der Waals surface area contributed by atoms with E-state index in [4.69, 9.17) is 4.74 Å². The molecule has 0 aliphatic rings. The Kier molecular flexibility index (Phi) is 13.4. The highest BCUT2D eigenvalue weighted by Crippen LogP contribution is 2.36. The number of benzene rings is 1. The summed E-state index contributed by atoms with van der Waals surface area (Å²) < 4.78 is 32.7. The van der Waals surface area contributed by atoms with Crippen LogP contribution >= 0.6 is 0 Å². The smallest absolute Gasteiger partial charge is 0.126 e. The molecule has 0 fully saturated rings. The van der Waals surface area contributed by atoms with Gasteiger partial charge in [0.25, 0.3) is 0 Å². The molecule has 0 radical (unpaired) electrons. The van der Waals surface area contributed by atoms with E-state index in [0.29, 0.717) is 5.92 Å². The van der Waals surface area contributed by atoms with Gasteiger partial charge in [0.15, 0.2) is 0 Å². The zero-order valence-electron chi connectivity index (χ0n) is 19.4. The summed E-state index contributed by atoms with van der Waals surface area (Å²) in [5.74, 6) is -0.357. The first kappa shape index (κ1) is 26.1. The lowest BCUT2D eigenvalue weighted by atomic mass is 9.76. The second kappa shape index (κ2) is 14.9. The van der Waals surface area contributed by atoms with Crippen molar-refractivity contribution in [3.63, 3.8) is 0 Å². The predicted molar refractivity (Wildman–Crippen MR) is 120 cm³/mol. The standard InChI is InChI=1S/C26H44F2O/c1-5-8-9-10-11-14-17-23(26(6-2,7-3)29-4)18-15-12-13-16-22-19-24(27)21-25(28)20-22/h19-21,23H,5-18H2,1-4H3. The summed E-state index contributed by atoms with van der Waals surface area (Å²) in [5.41, 5.74) is 0.759. The lowest BCUT2D eigenvalue weighted by Crippen LogP contribution is -2.39. The van der Waals surface area contributed by atoms with Crippen molar-refractivity contribution >= 4 is 0 Å². The normalized spacial score (nSPS) is 13.0. The van der Waals surface area contributed by atoms with Crippen LogP contribution < -0.4 is 0 Å². The molecule has 0 saturated heterocycles. The minimum absolute atomic E-state index is 0.00486. The van der Waals surface area contributed by atoms with Gasteiger partial charge in [-0.15, -0.1) is 0 Å². The summed E-state index contributed by atoms with van der Waals surface area (Å²) >= 11 is 0. The quantitative estimate of drug-likeness (QED) is 0.233. The average Bonchev–Trinajstić information content (AvgIpc) is 2.70. The lowest BCUT2D eigenvalue weighted by Gasteiger charge is -2.39. The largest absolute Gasteiger partial charge is 0.378 e. The Balaban J connectivity index is 2.46. The molecule has 1 rings (SSSR count). The van der Waals surface area contributed by atoms with E-state index in [9.17, 15) is 8.78 Å². The fraction of sp³-hybridized carbons (Fsp3) is 0.769. The van der Waals surface area contributed by atoms with Crippen molar-refractivity contribution in [3.05, 3.63) is 35.4 Å². The number of ether oxygens (including phenoxy) is 1. The Labute approximate surface area is 178 Å². The minimum atomic E-state index is -0.477. The van der Waals surface area contributed by atoms with Crippen molar-refractivity contribution in [1.29, 1.82) is 0 Å². The average molecular weight is 411 g/mol. The van der Waals surface area contributed by atoms with E-state index in [1.54, 1.807) is 0 Å². The zero-order valence-corrected chi connectivity index (χ0v) is 19.4. The molecule has 0 spiro atoms. The van der Waals surface area contributed by atoms with Gasteiger partial charge in [-0.05, 0) is 62.1 Å². The van der Waals surface area contributed by atoms with Crippen LogP contribution in [-0.4, -0.2) is 12.7 Å². The second-order valence-electron chi connectivity index (χ2n) is 8.61. The van der Waals surface area contributed by atoms with E-state index in [1.165, 1.54) is 63.5 Å². The molecule has 0 saturated carbocycles. The van der Waals surface area contributed by atoms with Gasteiger partial charge in [-0.1, -0.05) is 72.1 Å². The SMILES string of the molecule is CCCCCCCCC(CCCCCc1cc(F)cc(F)c1)C(CC)(CC)OC. The van der Waals surface area contributed by atoms with Crippen molar-refractivity contribution in [2.24, 2.45) is 5.92 Å². The van der Waals surface area contributed by atoms with Crippen LogP contribution in [-0.2, 0) is 11.2 Å². The molecule has 3 heteroatoms. The molecule has 0 bridgehead atoms. The Bertz CT molecular complexity index is 511. The molecule has 0 aromatic heterocycles. The van der Waals surface area contributed by atoms with Gasteiger partial charge in [-0.3, -0.25) is 0 Å². The highest BCUT2D eigenvalue weighted by molar-refractivity contribution is 5.17. The minimum Gasteiger partial charge on any atom is -0.378 e. The van der Waals surface area contributed by atoms with Crippen LogP contribution in [0, 0.1) is 17.6 Å². The van der Waals surface area contributed by atoms with E-state index in [0.717, 1.165) is 50.2 Å². The molecule has 1 aromatic rings. The maximum atomic E-state index is 13.3. The van der Waals surface area contributed by atoms with E-state index >= 15 is 0 Å². The Morgan fingerprint density at radius 2 is 1.28 bits per heavy atom. The topological polar surface area (TPSA) is 9.23 Å². The summed E-state index contributed by atoms with van der Waals surface area (Å²) in [6.45, 7) is 6.76. The van der Waals surface area contributed by atoms with E-state index in [-0.39, 0.29) is 5.60 Å². The van der Waals surface area contributed by atoms with Gasteiger partial charge in [0.1, 0.15) is 11.6 Å². The van der Waals surface area contributed by atoms with Crippen LogP contribution in [0.4, 0.5) is 8.78 Å². The van der Waals surface area contributed by atoms with Crippen molar-refractivity contribution in [1.82, 2.24) is 0 Å². The Hall–Kier alpha value is -0.960. The van der Waals surface area contributed by atoms with Gasteiger partial charge in [-0.2, -0.15) is 0 Å². The van der Waals surface area contributed by atoms with E-state index in [2.05, 4.69) is 20.8 Å². The monoisotopic (exact) mass is 410 g/mol. The molecule has 1 atom stereocenters. The maximum Gasteiger partial charge on any atom is 0.126 e. The number of aryl methyl sites for hydroxylation is 1. The molecule has 0 N–H and O–H groups in total. The first-order chi connectivity index (χ1) is 14.0. The first-order valence-electron chi connectivity index (χ1n) is 12.0. The fourth-order valence-electron chi connectivity index (χ4n) is 4.78. The van der Waals surface area contributed by atoms with E-state index in [1.807, 2.05) is 7.11 Å². The van der Waals surface area contributed by atoms with Crippen LogP contribution in [0.1, 0.15) is 110 Å². The number of unbranched alkanes of at least 4 members (excludes halogenated alkanes) is 7. The fourth-order valence-corrected chi connectivity index (χ4v) is 4.78. The predicted octanol–water partition coefficient (Wildman–Crippen LogP) is 8.64. The summed E-state index contributed by atoms with van der Waals surface area (Å²) in [5, 5.41) is 0. The molecule has 0 amide bonds. The Morgan fingerprint density at radius 3 is 1.79 bits per heavy atom. The summed E-state index contributed by atoms with van der Waals surface area (Å²) in [6, 6.07) is 3.85. The molecule has 0 aliphatic carbocycles. The number of halogens is 2. The number of rotatable bonds is 17. The van der Waals surface area contributed by atoms with Crippen LogP contribution in [0.5, 0.6) is 0 Å². The summed E-state index contributed by atoms with van der Waals surface area (Å²) in [4.78, 5) is 0. The van der Waals surface area contributed by atoms with E-state index < -0.39 is 11.6 Å². The van der Waals surface area contributed by atoms with Gasteiger partial charge in [0.05, 0.1) is 5.60 Å². The number of hydrogen-bond donors (Lipinski definition) is 0. The van der Waals surface area contributed by atoms with Crippen LogP contribution in [0.25, 0.3) is 0 Å². The third-order valence-corrected chi connectivity index (χ3v) is 6.69. The Morgan fingerprint density at radius 1 is 0.759 bits per heavy atom. The molecule has 29 heavy (non-hydrogen) atoms. The van der Waals surface area contributed by atoms with Crippen molar-refractivity contribution in [2.75, 3.05) is 7.11 Å². The molecule has 1 aromatic carbocycles. The van der Waals surface area contributed by atoms with Gasteiger partial charge in [0.2, 0.25) is 0 Å². The molecular formula is C26H44F2O. The maximum absolute atomic E-state index is 13.3. The van der Waals surface area contributed by atoms with Crippen molar-refractivity contribution in [2.45, 2.75) is 116 Å². The van der Waals surface area contributed by atoms with Gasteiger partial charge in [0, 0.05) is 13.2 Å². The van der Waals surface area contributed by atoms with Crippen LogP contribution in [0.2, 0.25) is 0 Å². The van der Waals surface area contributed by atoms with Gasteiger partial charge >= 0.3 is 0 Å². The highest BCUT2D eigenvalue weighted by Gasteiger charge is 2.34. The first-order valence-corrected chi connectivity index (χ1v) is 12.0. The molecular weight excluding hydrogens is 366 g/mol. The third kappa shape index (κ3) is 9.59. The highest BCUT2D eigenvalue weighted by atomic mass is 19.1. The third-order valence-electron chi connectivity index (χ3n) is 6.69.